The standard InChI is InChI=1S/C18H20N2O4S/c1-3-11-19-16-10-9-15(18(21)22)12-17(16)25(23,24)20-13(2)14-7-5-4-6-8-14/h3-10,12-13,19-20H,1,11H2,2H3,(H,21,22). The van der Waals surface area contributed by atoms with Crippen LogP contribution < -0.4 is 10.0 Å². The van der Waals surface area contributed by atoms with Gasteiger partial charge in [-0.05, 0) is 30.7 Å². The molecule has 0 saturated carbocycles. The number of rotatable bonds is 8. The molecule has 132 valence electrons. The molecule has 0 radical (unpaired) electrons. The molecule has 0 spiro atoms. The van der Waals surface area contributed by atoms with Gasteiger partial charge in [-0.15, -0.1) is 6.58 Å². The van der Waals surface area contributed by atoms with Gasteiger partial charge in [-0.1, -0.05) is 36.4 Å². The summed E-state index contributed by atoms with van der Waals surface area (Å²) in [6.45, 7) is 5.66. The van der Waals surface area contributed by atoms with Crippen LogP contribution in [0.3, 0.4) is 0 Å². The second-order valence-corrected chi connectivity index (χ2v) is 7.12. The SMILES string of the molecule is C=CCNc1ccc(C(=O)O)cc1S(=O)(=O)NC(C)c1ccccc1. The number of hydrogen-bond donors (Lipinski definition) is 3. The largest absolute Gasteiger partial charge is 0.478 e. The molecule has 3 N–H and O–H groups in total. The van der Waals surface area contributed by atoms with Crippen molar-refractivity contribution >= 4 is 21.7 Å². The zero-order chi connectivity index (χ0) is 18.4. The summed E-state index contributed by atoms with van der Waals surface area (Å²) in [6.07, 6.45) is 1.58. The van der Waals surface area contributed by atoms with Crippen molar-refractivity contribution < 1.29 is 18.3 Å². The molecule has 2 rings (SSSR count). The summed E-state index contributed by atoms with van der Waals surface area (Å²) in [5.74, 6) is -1.19. The van der Waals surface area contributed by atoms with Crippen molar-refractivity contribution in [2.75, 3.05) is 11.9 Å². The average molecular weight is 360 g/mol. The summed E-state index contributed by atoms with van der Waals surface area (Å²) in [6, 6.07) is 12.6. The van der Waals surface area contributed by atoms with Gasteiger partial charge in [0.15, 0.2) is 0 Å². The van der Waals surface area contributed by atoms with Gasteiger partial charge in [-0.3, -0.25) is 0 Å². The summed E-state index contributed by atoms with van der Waals surface area (Å²) < 4.78 is 28.2. The van der Waals surface area contributed by atoms with Gasteiger partial charge in [0, 0.05) is 12.6 Å². The third-order valence-corrected chi connectivity index (χ3v) is 5.17. The number of carbonyl (C=O) groups is 1. The quantitative estimate of drug-likeness (QED) is 0.629. The molecule has 0 aliphatic carbocycles. The second kappa shape index (κ2) is 7.96. The van der Waals surface area contributed by atoms with Gasteiger partial charge in [0.25, 0.3) is 0 Å². The molecule has 0 aliphatic heterocycles. The summed E-state index contributed by atoms with van der Waals surface area (Å²) in [7, 11) is -3.93. The van der Waals surface area contributed by atoms with Crippen molar-refractivity contribution in [3.8, 4) is 0 Å². The number of carboxylic acid groups (broad SMARTS) is 1. The monoisotopic (exact) mass is 360 g/mol. The van der Waals surface area contributed by atoms with E-state index in [1.807, 2.05) is 30.3 Å². The van der Waals surface area contributed by atoms with E-state index in [1.165, 1.54) is 12.1 Å². The number of anilines is 1. The number of carboxylic acids is 1. The molecule has 2 aromatic rings. The molecule has 1 unspecified atom stereocenters. The predicted molar refractivity (Wildman–Crippen MR) is 97.3 cm³/mol. The minimum absolute atomic E-state index is 0.100. The van der Waals surface area contributed by atoms with E-state index in [2.05, 4.69) is 16.6 Å². The zero-order valence-corrected chi connectivity index (χ0v) is 14.6. The summed E-state index contributed by atoms with van der Waals surface area (Å²) in [4.78, 5) is 11.1. The van der Waals surface area contributed by atoms with E-state index in [0.717, 1.165) is 11.6 Å². The van der Waals surface area contributed by atoms with Crippen LogP contribution in [-0.4, -0.2) is 26.0 Å². The van der Waals surface area contributed by atoms with Gasteiger partial charge in [-0.2, -0.15) is 0 Å². The minimum atomic E-state index is -3.93. The Kier molecular flexibility index (Phi) is 5.95. The molecular formula is C18H20N2O4S. The van der Waals surface area contributed by atoms with Gasteiger partial charge in [0.1, 0.15) is 4.90 Å². The van der Waals surface area contributed by atoms with Crippen LogP contribution >= 0.6 is 0 Å². The van der Waals surface area contributed by atoms with Crippen molar-refractivity contribution in [1.82, 2.24) is 4.72 Å². The minimum Gasteiger partial charge on any atom is -0.478 e. The number of nitrogens with one attached hydrogen (secondary N) is 2. The molecule has 0 saturated heterocycles. The zero-order valence-electron chi connectivity index (χ0n) is 13.8. The van der Waals surface area contributed by atoms with Crippen molar-refractivity contribution in [2.45, 2.75) is 17.9 Å². The van der Waals surface area contributed by atoms with E-state index >= 15 is 0 Å². The number of benzene rings is 2. The van der Waals surface area contributed by atoms with Crippen LogP contribution in [0.1, 0.15) is 28.9 Å². The van der Waals surface area contributed by atoms with E-state index in [4.69, 9.17) is 5.11 Å². The maximum Gasteiger partial charge on any atom is 0.335 e. The van der Waals surface area contributed by atoms with Gasteiger partial charge in [0.2, 0.25) is 10.0 Å². The Bertz CT molecular complexity index is 864. The first-order chi connectivity index (χ1) is 11.8. The third-order valence-electron chi connectivity index (χ3n) is 3.59. The van der Waals surface area contributed by atoms with Crippen molar-refractivity contribution in [2.24, 2.45) is 0 Å². The Morgan fingerprint density at radius 1 is 1.24 bits per heavy atom. The molecule has 0 amide bonds. The Hall–Kier alpha value is -2.64. The molecule has 0 aromatic heterocycles. The second-order valence-electron chi connectivity index (χ2n) is 5.44. The number of sulfonamides is 1. The molecule has 7 heteroatoms. The van der Waals surface area contributed by atoms with E-state index in [1.54, 1.807) is 13.0 Å². The first-order valence-corrected chi connectivity index (χ1v) is 9.13. The Morgan fingerprint density at radius 2 is 1.92 bits per heavy atom. The van der Waals surface area contributed by atoms with Crippen LogP contribution in [0.25, 0.3) is 0 Å². The summed E-state index contributed by atoms with van der Waals surface area (Å²) >= 11 is 0. The topological polar surface area (TPSA) is 95.5 Å². The normalized spacial score (nSPS) is 12.4. The highest BCUT2D eigenvalue weighted by atomic mass is 32.2. The highest BCUT2D eigenvalue weighted by Crippen LogP contribution is 2.25. The first-order valence-electron chi connectivity index (χ1n) is 7.64. The molecule has 0 aliphatic rings. The Balaban J connectivity index is 2.40. The lowest BCUT2D eigenvalue weighted by Gasteiger charge is -2.17. The molecule has 6 nitrogen and oxygen atoms in total. The fourth-order valence-electron chi connectivity index (χ4n) is 2.31. The highest BCUT2D eigenvalue weighted by molar-refractivity contribution is 7.89. The highest BCUT2D eigenvalue weighted by Gasteiger charge is 2.23. The Labute approximate surface area is 147 Å². The molecule has 1 atom stereocenters. The number of aromatic carboxylic acids is 1. The summed E-state index contributed by atoms with van der Waals surface area (Å²) in [5.41, 5.74) is 1.02. The smallest absolute Gasteiger partial charge is 0.335 e. The van der Waals surface area contributed by atoms with E-state index < -0.39 is 22.0 Å². The fraction of sp³-hybridized carbons (Fsp3) is 0.167. The number of hydrogen-bond acceptors (Lipinski definition) is 4. The van der Waals surface area contributed by atoms with E-state index in [-0.39, 0.29) is 10.5 Å². The van der Waals surface area contributed by atoms with Crippen LogP contribution in [0.15, 0.2) is 66.1 Å². The van der Waals surface area contributed by atoms with Crippen LogP contribution in [-0.2, 0) is 10.0 Å². The third kappa shape index (κ3) is 4.68. The molecule has 0 heterocycles. The Morgan fingerprint density at radius 3 is 2.52 bits per heavy atom. The maximum atomic E-state index is 12.8. The van der Waals surface area contributed by atoms with Crippen molar-refractivity contribution in [3.05, 3.63) is 72.3 Å². The van der Waals surface area contributed by atoms with E-state index in [9.17, 15) is 13.2 Å². The fourth-order valence-corrected chi connectivity index (χ4v) is 3.75. The van der Waals surface area contributed by atoms with Gasteiger partial charge in [-0.25, -0.2) is 17.9 Å². The molecule has 0 fully saturated rings. The average Bonchev–Trinajstić information content (AvgIpc) is 2.60. The molecule has 0 bridgehead atoms. The lowest BCUT2D eigenvalue weighted by Crippen LogP contribution is -2.28. The first kappa shape index (κ1) is 18.7. The lowest BCUT2D eigenvalue weighted by molar-refractivity contribution is 0.0696. The van der Waals surface area contributed by atoms with Crippen LogP contribution in [0.2, 0.25) is 0 Å². The van der Waals surface area contributed by atoms with Crippen LogP contribution in [0.4, 0.5) is 5.69 Å². The molecule has 25 heavy (non-hydrogen) atoms. The molecule has 2 aromatic carbocycles. The van der Waals surface area contributed by atoms with Crippen LogP contribution in [0, 0.1) is 0 Å². The van der Waals surface area contributed by atoms with Gasteiger partial charge >= 0.3 is 5.97 Å². The van der Waals surface area contributed by atoms with Crippen molar-refractivity contribution in [3.63, 3.8) is 0 Å². The van der Waals surface area contributed by atoms with Gasteiger partial charge < -0.3 is 10.4 Å². The maximum absolute atomic E-state index is 12.8. The van der Waals surface area contributed by atoms with Crippen LogP contribution in [0.5, 0.6) is 0 Å². The van der Waals surface area contributed by atoms with E-state index in [0.29, 0.717) is 12.2 Å². The predicted octanol–water partition coefficient (Wildman–Crippen LogP) is 3.02. The van der Waals surface area contributed by atoms with Gasteiger partial charge in [0.05, 0.1) is 11.3 Å². The lowest BCUT2D eigenvalue weighted by atomic mass is 10.1. The summed E-state index contributed by atoms with van der Waals surface area (Å²) in [5, 5.41) is 12.1. The molecular weight excluding hydrogens is 340 g/mol. The van der Waals surface area contributed by atoms with Crippen molar-refractivity contribution in [1.29, 1.82) is 0 Å².